The monoisotopic (exact) mass is 160 g/mol. The lowest BCUT2D eigenvalue weighted by molar-refractivity contribution is -0.0562. The van der Waals surface area contributed by atoms with Crippen LogP contribution in [-0.2, 0) is 9.47 Å². The lowest BCUT2D eigenvalue weighted by Crippen LogP contribution is -2.28. The standard InChI is InChI=1S/C9H20O2/c1-7(2)9(6-10-5)11-8(3)4/h7-9H,6H2,1-5H3. The molecule has 0 radical (unpaired) electrons. The smallest absolute Gasteiger partial charge is 0.0834 e. The van der Waals surface area contributed by atoms with Gasteiger partial charge >= 0.3 is 0 Å². The van der Waals surface area contributed by atoms with Crippen molar-refractivity contribution in [3.8, 4) is 0 Å². The van der Waals surface area contributed by atoms with Crippen molar-refractivity contribution in [2.45, 2.75) is 39.9 Å². The predicted octanol–water partition coefficient (Wildman–Crippen LogP) is 2.08. The molecular weight excluding hydrogens is 140 g/mol. The Bertz CT molecular complexity index is 89.6. The molecule has 0 aliphatic carbocycles. The highest BCUT2D eigenvalue weighted by atomic mass is 16.5. The van der Waals surface area contributed by atoms with E-state index >= 15 is 0 Å². The quantitative estimate of drug-likeness (QED) is 0.613. The molecule has 2 nitrogen and oxygen atoms in total. The van der Waals surface area contributed by atoms with Crippen molar-refractivity contribution in [1.82, 2.24) is 0 Å². The average Bonchev–Trinajstić information content (AvgIpc) is 1.86. The Balaban J connectivity index is 3.69. The highest BCUT2D eigenvalue weighted by molar-refractivity contribution is 4.62. The zero-order valence-corrected chi connectivity index (χ0v) is 8.26. The van der Waals surface area contributed by atoms with Gasteiger partial charge in [0.15, 0.2) is 0 Å². The van der Waals surface area contributed by atoms with E-state index < -0.39 is 0 Å². The van der Waals surface area contributed by atoms with Crippen LogP contribution in [0.4, 0.5) is 0 Å². The molecule has 0 N–H and O–H groups in total. The molecule has 0 aromatic carbocycles. The predicted molar refractivity (Wildman–Crippen MR) is 46.7 cm³/mol. The Morgan fingerprint density at radius 3 is 1.91 bits per heavy atom. The normalized spacial score (nSPS) is 14.5. The van der Waals surface area contributed by atoms with Crippen LogP contribution in [0, 0.1) is 5.92 Å². The van der Waals surface area contributed by atoms with Crippen LogP contribution < -0.4 is 0 Å². The van der Waals surface area contributed by atoms with Crippen molar-refractivity contribution in [3.05, 3.63) is 0 Å². The molecule has 1 atom stereocenters. The summed E-state index contributed by atoms with van der Waals surface area (Å²) in [5.41, 5.74) is 0. The van der Waals surface area contributed by atoms with Gasteiger partial charge in [-0.3, -0.25) is 0 Å². The first-order chi connectivity index (χ1) is 5.07. The van der Waals surface area contributed by atoms with E-state index in [0.717, 1.165) is 0 Å². The third kappa shape index (κ3) is 5.22. The molecule has 0 saturated heterocycles. The van der Waals surface area contributed by atoms with Crippen LogP contribution in [0.1, 0.15) is 27.7 Å². The molecule has 1 unspecified atom stereocenters. The van der Waals surface area contributed by atoms with Gasteiger partial charge in [-0.15, -0.1) is 0 Å². The summed E-state index contributed by atoms with van der Waals surface area (Å²) in [5.74, 6) is 0.525. The summed E-state index contributed by atoms with van der Waals surface area (Å²) in [6.07, 6.45) is 0.526. The molecule has 68 valence electrons. The second-order valence-corrected chi connectivity index (χ2v) is 3.42. The number of methoxy groups -OCH3 is 1. The van der Waals surface area contributed by atoms with E-state index in [1.807, 2.05) is 13.8 Å². The minimum atomic E-state index is 0.236. The molecule has 2 heteroatoms. The van der Waals surface area contributed by atoms with Crippen LogP contribution >= 0.6 is 0 Å². The lowest BCUT2D eigenvalue weighted by atomic mass is 10.1. The van der Waals surface area contributed by atoms with Crippen LogP contribution in [-0.4, -0.2) is 25.9 Å². The fourth-order valence-electron chi connectivity index (χ4n) is 0.903. The first-order valence-electron chi connectivity index (χ1n) is 4.22. The Kier molecular flexibility index (Phi) is 5.51. The molecule has 0 heterocycles. The van der Waals surface area contributed by atoms with E-state index in [2.05, 4.69) is 13.8 Å². The van der Waals surface area contributed by atoms with Crippen molar-refractivity contribution < 1.29 is 9.47 Å². The van der Waals surface area contributed by atoms with E-state index in [-0.39, 0.29) is 12.2 Å². The van der Waals surface area contributed by atoms with E-state index in [1.54, 1.807) is 7.11 Å². The fraction of sp³-hybridized carbons (Fsp3) is 1.00. The van der Waals surface area contributed by atoms with Gasteiger partial charge in [-0.1, -0.05) is 13.8 Å². The minimum Gasteiger partial charge on any atom is -0.382 e. The summed E-state index contributed by atoms with van der Waals surface area (Å²) in [7, 11) is 1.71. The Morgan fingerprint density at radius 1 is 1.09 bits per heavy atom. The Labute approximate surface area is 69.9 Å². The summed E-state index contributed by atoms with van der Waals surface area (Å²) >= 11 is 0. The molecule has 0 aliphatic rings. The van der Waals surface area contributed by atoms with Crippen molar-refractivity contribution in [2.24, 2.45) is 5.92 Å². The number of hydrogen-bond acceptors (Lipinski definition) is 2. The van der Waals surface area contributed by atoms with Crippen LogP contribution in [0.2, 0.25) is 0 Å². The van der Waals surface area contributed by atoms with Gasteiger partial charge < -0.3 is 9.47 Å². The number of rotatable bonds is 5. The molecule has 11 heavy (non-hydrogen) atoms. The highest BCUT2D eigenvalue weighted by Gasteiger charge is 2.14. The Hall–Kier alpha value is -0.0800. The van der Waals surface area contributed by atoms with Gasteiger partial charge in [-0.25, -0.2) is 0 Å². The van der Waals surface area contributed by atoms with E-state index in [4.69, 9.17) is 9.47 Å². The molecule has 0 bridgehead atoms. The van der Waals surface area contributed by atoms with Crippen LogP contribution in [0.3, 0.4) is 0 Å². The largest absolute Gasteiger partial charge is 0.382 e. The SMILES string of the molecule is COCC(OC(C)C)C(C)C. The van der Waals surface area contributed by atoms with Gasteiger partial charge in [-0.05, 0) is 19.8 Å². The molecule has 0 aliphatic heterocycles. The van der Waals surface area contributed by atoms with Crippen LogP contribution in [0.5, 0.6) is 0 Å². The van der Waals surface area contributed by atoms with Crippen LogP contribution in [0.15, 0.2) is 0 Å². The molecule has 0 spiro atoms. The van der Waals surface area contributed by atoms with Crippen molar-refractivity contribution in [2.75, 3.05) is 13.7 Å². The number of ether oxygens (including phenoxy) is 2. The fourth-order valence-corrected chi connectivity index (χ4v) is 0.903. The Morgan fingerprint density at radius 2 is 1.64 bits per heavy atom. The molecule has 0 saturated carbocycles. The van der Waals surface area contributed by atoms with E-state index in [1.165, 1.54) is 0 Å². The summed E-state index contributed by atoms with van der Waals surface area (Å²) in [6.45, 7) is 9.07. The van der Waals surface area contributed by atoms with Crippen molar-refractivity contribution in [3.63, 3.8) is 0 Å². The minimum absolute atomic E-state index is 0.236. The average molecular weight is 160 g/mol. The maximum atomic E-state index is 5.63. The lowest BCUT2D eigenvalue weighted by Gasteiger charge is -2.22. The van der Waals surface area contributed by atoms with Crippen LogP contribution in [0.25, 0.3) is 0 Å². The second-order valence-electron chi connectivity index (χ2n) is 3.42. The molecule has 0 aromatic rings. The third-order valence-electron chi connectivity index (χ3n) is 1.52. The zero-order valence-electron chi connectivity index (χ0n) is 8.26. The zero-order chi connectivity index (χ0) is 8.85. The van der Waals surface area contributed by atoms with Crippen molar-refractivity contribution in [1.29, 1.82) is 0 Å². The maximum absolute atomic E-state index is 5.63. The van der Waals surface area contributed by atoms with Gasteiger partial charge in [0.25, 0.3) is 0 Å². The molecule has 0 rings (SSSR count). The second kappa shape index (κ2) is 5.56. The van der Waals surface area contributed by atoms with Gasteiger partial charge in [-0.2, -0.15) is 0 Å². The summed E-state index contributed by atoms with van der Waals surface area (Å²) in [6, 6.07) is 0. The highest BCUT2D eigenvalue weighted by Crippen LogP contribution is 2.09. The van der Waals surface area contributed by atoms with E-state index in [9.17, 15) is 0 Å². The molecule has 0 aromatic heterocycles. The topological polar surface area (TPSA) is 18.5 Å². The van der Waals surface area contributed by atoms with E-state index in [0.29, 0.717) is 12.5 Å². The summed E-state index contributed by atoms with van der Waals surface area (Å²) in [5, 5.41) is 0. The summed E-state index contributed by atoms with van der Waals surface area (Å²) in [4.78, 5) is 0. The van der Waals surface area contributed by atoms with Gasteiger partial charge in [0.2, 0.25) is 0 Å². The van der Waals surface area contributed by atoms with Gasteiger partial charge in [0.1, 0.15) is 0 Å². The number of hydrogen-bond donors (Lipinski definition) is 0. The molecule has 0 amide bonds. The maximum Gasteiger partial charge on any atom is 0.0834 e. The van der Waals surface area contributed by atoms with Crippen molar-refractivity contribution >= 4 is 0 Å². The summed E-state index contributed by atoms with van der Waals surface area (Å²) < 4.78 is 10.7. The molecule has 0 fully saturated rings. The molecular formula is C9H20O2. The first-order valence-corrected chi connectivity index (χ1v) is 4.22. The first kappa shape index (κ1) is 10.9. The third-order valence-corrected chi connectivity index (χ3v) is 1.52. The van der Waals surface area contributed by atoms with Gasteiger partial charge in [0, 0.05) is 7.11 Å². The van der Waals surface area contributed by atoms with Gasteiger partial charge in [0.05, 0.1) is 18.8 Å².